The molecule has 1 heterocycles. The number of anilines is 3. The number of hydrogen-bond acceptors (Lipinski definition) is 2. The Morgan fingerprint density at radius 3 is 1.74 bits per heavy atom. The summed E-state index contributed by atoms with van der Waals surface area (Å²) in [6, 6.07) is 62.7. The average Bonchev–Trinajstić information content (AvgIpc) is 3.51. The Morgan fingerprint density at radius 1 is 0.348 bits per heavy atom. The van der Waals surface area contributed by atoms with Crippen molar-refractivity contribution in [3.05, 3.63) is 176 Å². The molecule has 0 aliphatic heterocycles. The lowest BCUT2D eigenvalue weighted by molar-refractivity contribution is 0.673. The van der Waals surface area contributed by atoms with E-state index in [-0.39, 0.29) is 0 Å². The number of benzene rings is 8. The van der Waals surface area contributed by atoms with E-state index in [1.807, 2.05) is 0 Å². The summed E-state index contributed by atoms with van der Waals surface area (Å²) >= 11 is 0. The van der Waals surface area contributed by atoms with Gasteiger partial charge in [-0.1, -0.05) is 127 Å². The molecule has 9 aromatic rings. The van der Waals surface area contributed by atoms with Gasteiger partial charge in [-0.05, 0) is 81.6 Å². The van der Waals surface area contributed by atoms with Crippen LogP contribution in [0.25, 0.3) is 65.7 Å². The minimum Gasteiger partial charge on any atom is -0.455 e. The minimum absolute atomic E-state index is 0.890. The van der Waals surface area contributed by atoms with Crippen molar-refractivity contribution in [2.24, 2.45) is 0 Å². The van der Waals surface area contributed by atoms with Crippen LogP contribution in [0.15, 0.2) is 180 Å². The van der Waals surface area contributed by atoms with Crippen LogP contribution in [-0.2, 0) is 0 Å². The molecule has 0 atom stereocenters. The van der Waals surface area contributed by atoms with Crippen LogP contribution in [0.2, 0.25) is 0 Å². The van der Waals surface area contributed by atoms with Crippen LogP contribution < -0.4 is 4.90 Å². The van der Waals surface area contributed by atoms with E-state index in [1.165, 1.54) is 27.5 Å². The van der Waals surface area contributed by atoms with Crippen LogP contribution in [0.4, 0.5) is 17.1 Å². The maximum absolute atomic E-state index is 6.71. The Hall–Kier alpha value is -6.12. The zero-order chi connectivity index (χ0) is 30.5. The SMILES string of the molecule is c1ccc(-c2ccc(N(c3ccccc3)c3cc4c5ccc(-c6ccc7ccccc7c6)cc5oc4c4ccccc34)cc2)cc1. The summed E-state index contributed by atoms with van der Waals surface area (Å²) in [6.45, 7) is 0. The third kappa shape index (κ3) is 4.43. The van der Waals surface area contributed by atoms with Crippen molar-refractivity contribution in [2.75, 3.05) is 4.90 Å². The highest BCUT2D eigenvalue weighted by atomic mass is 16.3. The monoisotopic (exact) mass is 587 g/mol. The van der Waals surface area contributed by atoms with E-state index < -0.39 is 0 Å². The van der Waals surface area contributed by atoms with Gasteiger partial charge in [0, 0.05) is 32.9 Å². The summed E-state index contributed by atoms with van der Waals surface area (Å²) in [4.78, 5) is 2.36. The van der Waals surface area contributed by atoms with Crippen LogP contribution in [0, 0.1) is 0 Å². The molecule has 2 heteroatoms. The Balaban J connectivity index is 1.23. The van der Waals surface area contributed by atoms with E-state index in [2.05, 4.69) is 181 Å². The van der Waals surface area contributed by atoms with Gasteiger partial charge >= 0.3 is 0 Å². The van der Waals surface area contributed by atoms with Crippen LogP contribution in [0.1, 0.15) is 0 Å². The predicted octanol–water partition coefficient (Wildman–Crippen LogP) is 12.7. The molecule has 216 valence electrons. The molecule has 2 nitrogen and oxygen atoms in total. The zero-order valence-electron chi connectivity index (χ0n) is 25.1. The van der Waals surface area contributed by atoms with Crippen molar-refractivity contribution in [2.45, 2.75) is 0 Å². The fourth-order valence-electron chi connectivity index (χ4n) is 6.75. The highest BCUT2D eigenvalue weighted by Gasteiger charge is 2.20. The molecule has 0 aliphatic carbocycles. The molecule has 0 amide bonds. The topological polar surface area (TPSA) is 16.4 Å². The molecule has 0 spiro atoms. The second-order valence-electron chi connectivity index (χ2n) is 11.8. The van der Waals surface area contributed by atoms with Crippen LogP contribution in [-0.4, -0.2) is 0 Å². The normalized spacial score (nSPS) is 11.5. The maximum atomic E-state index is 6.71. The summed E-state index contributed by atoms with van der Waals surface area (Å²) in [7, 11) is 0. The van der Waals surface area contributed by atoms with Crippen molar-refractivity contribution in [3.8, 4) is 22.3 Å². The Kier molecular flexibility index (Phi) is 6.17. The van der Waals surface area contributed by atoms with E-state index in [9.17, 15) is 0 Å². The number of fused-ring (bicyclic) bond motifs is 6. The first kappa shape index (κ1) is 26.3. The molecular formula is C44H29NO. The lowest BCUT2D eigenvalue weighted by atomic mass is 9.99. The molecule has 8 aromatic carbocycles. The van der Waals surface area contributed by atoms with Gasteiger partial charge in [-0.3, -0.25) is 0 Å². The van der Waals surface area contributed by atoms with Gasteiger partial charge in [0.2, 0.25) is 0 Å². The van der Waals surface area contributed by atoms with E-state index in [0.29, 0.717) is 0 Å². The van der Waals surface area contributed by atoms with Crippen molar-refractivity contribution in [1.82, 2.24) is 0 Å². The van der Waals surface area contributed by atoms with Crippen molar-refractivity contribution < 1.29 is 4.42 Å². The molecule has 0 unspecified atom stereocenters. The molecule has 0 fully saturated rings. The molecule has 0 N–H and O–H groups in total. The molecule has 0 saturated heterocycles. The molecule has 0 bridgehead atoms. The van der Waals surface area contributed by atoms with Crippen molar-refractivity contribution in [1.29, 1.82) is 0 Å². The molecule has 0 saturated carbocycles. The maximum Gasteiger partial charge on any atom is 0.143 e. The summed E-state index contributed by atoms with van der Waals surface area (Å²) < 4.78 is 6.71. The first-order chi connectivity index (χ1) is 22.8. The number of para-hydroxylation sites is 1. The van der Waals surface area contributed by atoms with Gasteiger partial charge in [-0.25, -0.2) is 0 Å². The van der Waals surface area contributed by atoms with Crippen LogP contribution >= 0.6 is 0 Å². The summed E-state index contributed by atoms with van der Waals surface area (Å²) in [5.41, 5.74) is 9.85. The minimum atomic E-state index is 0.890. The van der Waals surface area contributed by atoms with Crippen molar-refractivity contribution >= 4 is 60.5 Å². The van der Waals surface area contributed by atoms with Gasteiger partial charge in [0.1, 0.15) is 11.2 Å². The molecule has 0 aliphatic rings. The first-order valence-electron chi connectivity index (χ1n) is 15.7. The van der Waals surface area contributed by atoms with E-state index in [4.69, 9.17) is 4.42 Å². The van der Waals surface area contributed by atoms with Crippen LogP contribution in [0.5, 0.6) is 0 Å². The lowest BCUT2D eigenvalue weighted by Crippen LogP contribution is -2.10. The molecule has 0 radical (unpaired) electrons. The highest BCUT2D eigenvalue weighted by Crippen LogP contribution is 2.45. The number of furan rings is 1. The van der Waals surface area contributed by atoms with Gasteiger partial charge in [0.15, 0.2) is 0 Å². The quantitative estimate of drug-likeness (QED) is 0.199. The van der Waals surface area contributed by atoms with E-state index in [0.717, 1.165) is 55.3 Å². The number of rotatable bonds is 5. The van der Waals surface area contributed by atoms with E-state index >= 15 is 0 Å². The Labute approximate surface area is 267 Å². The largest absolute Gasteiger partial charge is 0.455 e. The van der Waals surface area contributed by atoms with Gasteiger partial charge < -0.3 is 9.32 Å². The number of hydrogen-bond donors (Lipinski definition) is 0. The summed E-state index contributed by atoms with van der Waals surface area (Å²) in [5, 5.41) is 6.93. The fraction of sp³-hybridized carbons (Fsp3) is 0. The molecule has 9 rings (SSSR count). The highest BCUT2D eigenvalue weighted by molar-refractivity contribution is 6.20. The van der Waals surface area contributed by atoms with E-state index in [1.54, 1.807) is 0 Å². The van der Waals surface area contributed by atoms with Gasteiger partial charge in [-0.15, -0.1) is 0 Å². The molecule has 46 heavy (non-hydrogen) atoms. The third-order valence-electron chi connectivity index (χ3n) is 9.03. The zero-order valence-corrected chi connectivity index (χ0v) is 25.1. The number of nitrogens with zero attached hydrogens (tertiary/aromatic N) is 1. The molecular weight excluding hydrogens is 558 g/mol. The smallest absolute Gasteiger partial charge is 0.143 e. The molecule has 1 aromatic heterocycles. The second-order valence-corrected chi connectivity index (χ2v) is 11.8. The van der Waals surface area contributed by atoms with Gasteiger partial charge in [-0.2, -0.15) is 0 Å². The van der Waals surface area contributed by atoms with Gasteiger partial charge in [0.25, 0.3) is 0 Å². The first-order valence-corrected chi connectivity index (χ1v) is 15.7. The summed E-state index contributed by atoms with van der Waals surface area (Å²) in [5.74, 6) is 0. The summed E-state index contributed by atoms with van der Waals surface area (Å²) in [6.07, 6.45) is 0. The third-order valence-corrected chi connectivity index (χ3v) is 9.03. The van der Waals surface area contributed by atoms with Crippen molar-refractivity contribution in [3.63, 3.8) is 0 Å². The Morgan fingerprint density at radius 2 is 0.935 bits per heavy atom. The van der Waals surface area contributed by atoms with Crippen LogP contribution in [0.3, 0.4) is 0 Å². The Bertz CT molecular complexity index is 2510. The fourth-order valence-corrected chi connectivity index (χ4v) is 6.75. The second kappa shape index (κ2) is 10.8. The predicted molar refractivity (Wildman–Crippen MR) is 194 cm³/mol. The average molecular weight is 588 g/mol. The standard InChI is InChI=1S/C44H29NO/c1-3-11-30(12-4-1)32-21-24-37(25-22-32)45(36-15-5-2-6-16-36)42-29-41-39-26-23-35(34-20-19-31-13-7-8-14-33(31)27-34)28-43(39)46-44(41)40-18-10-9-17-38(40)42/h1-29H. The lowest BCUT2D eigenvalue weighted by Gasteiger charge is -2.27. The van der Waals surface area contributed by atoms with Gasteiger partial charge in [0.05, 0.1) is 5.69 Å².